The van der Waals surface area contributed by atoms with Gasteiger partial charge >= 0.3 is 7.82 Å². The summed E-state index contributed by atoms with van der Waals surface area (Å²) in [4.78, 5) is 30.8. The molecule has 1 aliphatic rings. The van der Waals surface area contributed by atoms with Crippen LogP contribution in [0.4, 0.5) is 5.82 Å². The van der Waals surface area contributed by atoms with E-state index < -0.39 is 37.8 Å². The van der Waals surface area contributed by atoms with Gasteiger partial charge in [0.15, 0.2) is 23.6 Å². The van der Waals surface area contributed by atoms with E-state index >= 15 is 0 Å². The first-order valence-corrected chi connectivity index (χ1v) is 25.5. The molecule has 20 heteroatoms. The smallest absolute Gasteiger partial charge is 0.475 e. The third kappa shape index (κ3) is 12.3. The van der Waals surface area contributed by atoms with Crippen LogP contribution in [0, 0.1) is 11.3 Å². The van der Waals surface area contributed by atoms with Crippen LogP contribution >= 0.6 is 29.4 Å². The fourth-order valence-corrected chi connectivity index (χ4v) is 10.8. The summed E-state index contributed by atoms with van der Waals surface area (Å²) >= 11 is 0. The number of ether oxygens (including phenoxy) is 5. The molecule has 4 aromatic carbocycles. The molecule has 1 saturated heterocycles. The number of nitriles is 1. The van der Waals surface area contributed by atoms with Gasteiger partial charge in [-0.25, -0.2) is 24.5 Å². The second-order valence-electron chi connectivity index (χ2n) is 15.1. The number of rotatable bonds is 24. The molecule has 1 fully saturated rings. The van der Waals surface area contributed by atoms with Gasteiger partial charge in [-0.3, -0.25) is 22.9 Å². The Hall–Kier alpha value is -6.33. The lowest BCUT2D eigenvalue weighted by molar-refractivity contribution is -0.118. The highest BCUT2D eigenvalue weighted by molar-refractivity contribution is 8.76. The van der Waals surface area contributed by atoms with E-state index in [1.165, 1.54) is 34.2 Å². The molecule has 17 nitrogen and oxygen atoms in total. The van der Waals surface area contributed by atoms with Crippen LogP contribution in [0.25, 0.3) is 11.2 Å². The maximum Gasteiger partial charge on any atom is 0.475 e. The third-order valence-corrected chi connectivity index (χ3v) is 14.5. The van der Waals surface area contributed by atoms with E-state index in [9.17, 15) is 14.6 Å². The fraction of sp³-hybridized carbons (Fsp3) is 0.265. The number of fused-ring (bicyclic) bond motifs is 1. The number of pyridine rings is 1. The van der Waals surface area contributed by atoms with Gasteiger partial charge in [0.05, 0.1) is 52.9 Å². The average Bonchev–Trinajstić information content (AvgIpc) is 4.01. The zero-order valence-electron chi connectivity index (χ0n) is 37.6. The average molecular weight is 990 g/mol. The van der Waals surface area contributed by atoms with E-state index in [0.717, 1.165) is 21.7 Å². The van der Waals surface area contributed by atoms with Crippen molar-refractivity contribution in [1.29, 1.82) is 5.26 Å². The Morgan fingerprint density at radius 3 is 2.16 bits per heavy atom. The zero-order valence-corrected chi connectivity index (χ0v) is 40.1. The van der Waals surface area contributed by atoms with Crippen LogP contribution in [-0.4, -0.2) is 89.0 Å². The molecule has 1 amide bonds. The molecule has 69 heavy (non-hydrogen) atoms. The molecular weight excluding hydrogens is 942 g/mol. The van der Waals surface area contributed by atoms with E-state index in [1.54, 1.807) is 37.1 Å². The Morgan fingerprint density at radius 2 is 1.49 bits per heavy atom. The number of aromatic nitrogens is 5. The Bertz CT molecular complexity index is 2780. The summed E-state index contributed by atoms with van der Waals surface area (Å²) in [7, 11) is 1.75. The normalized spacial score (nSPS) is 16.6. The van der Waals surface area contributed by atoms with E-state index in [4.69, 9.17) is 37.3 Å². The maximum atomic E-state index is 14.7. The highest BCUT2D eigenvalue weighted by Gasteiger charge is 2.46. The van der Waals surface area contributed by atoms with Crippen molar-refractivity contribution in [2.45, 2.75) is 41.9 Å². The van der Waals surface area contributed by atoms with Crippen molar-refractivity contribution in [2.24, 2.45) is 0 Å². The summed E-state index contributed by atoms with van der Waals surface area (Å²) in [6.45, 7) is -0.595. The van der Waals surface area contributed by atoms with Crippen molar-refractivity contribution in [2.75, 3.05) is 51.7 Å². The van der Waals surface area contributed by atoms with Crippen molar-refractivity contribution in [1.82, 2.24) is 24.5 Å². The molecule has 8 rings (SSSR count). The van der Waals surface area contributed by atoms with Crippen LogP contribution in [0.15, 0.2) is 151 Å². The van der Waals surface area contributed by atoms with Crippen molar-refractivity contribution in [3.63, 3.8) is 0 Å². The number of nitrogens with zero attached hydrogens (tertiary/aromatic N) is 6. The Labute approximate surface area is 406 Å². The highest BCUT2D eigenvalue weighted by Crippen LogP contribution is 2.54. The Balaban J connectivity index is 1.11. The molecule has 0 aliphatic carbocycles. The van der Waals surface area contributed by atoms with E-state index in [1.807, 2.05) is 121 Å². The lowest BCUT2D eigenvalue weighted by atomic mass is 9.80. The van der Waals surface area contributed by atoms with Crippen molar-refractivity contribution < 1.29 is 46.6 Å². The van der Waals surface area contributed by atoms with Crippen LogP contribution in [0.2, 0.25) is 0 Å². The highest BCUT2D eigenvalue weighted by atomic mass is 33.1. The standard InChI is InChI=1S/C49H48N7O10PS2/c1-59-38-21-17-36(18-22-38)49(35-12-5-3-6-13-35,37-19-23-39(60-2)24-20-37)62-31-42-41(66-67(58,63-27-11-25-50)64-28-29-68-69-44-16-9-10-26-51-44)30-45(65-42)56-34-54-46-47(52-33-53-48(46)56)55-43(57)32-61-40-14-7-4-8-15-40/h3-10,12-24,26,33-34,41-42,45H,11,27-32H2,1-2H3,(H,52,53,55,57)/t41?,42-,45-,67?/m1/s1. The molecule has 1 aliphatic heterocycles. The number of imidazole rings is 1. The van der Waals surface area contributed by atoms with E-state index in [0.29, 0.717) is 34.2 Å². The topological polar surface area (TPSA) is 200 Å². The van der Waals surface area contributed by atoms with E-state index in [2.05, 4.69) is 25.3 Å². The fourth-order valence-electron chi connectivity index (χ4n) is 7.55. The first kappa shape index (κ1) is 49.1. The molecule has 0 saturated carbocycles. The number of anilines is 1. The number of phosphoric acid groups is 1. The van der Waals surface area contributed by atoms with Gasteiger partial charge in [0, 0.05) is 18.4 Å². The molecule has 3 aromatic heterocycles. The number of hydrogen-bond acceptors (Lipinski definition) is 17. The van der Waals surface area contributed by atoms with Crippen LogP contribution in [0.1, 0.15) is 35.8 Å². The number of phosphoric ester groups is 1. The quantitative estimate of drug-likeness (QED) is 0.0259. The van der Waals surface area contributed by atoms with E-state index in [-0.39, 0.29) is 45.1 Å². The second-order valence-corrected chi connectivity index (χ2v) is 19.2. The van der Waals surface area contributed by atoms with Crippen LogP contribution in [-0.2, 0) is 38.0 Å². The van der Waals surface area contributed by atoms with Crippen LogP contribution in [0.5, 0.6) is 17.2 Å². The molecule has 0 bridgehead atoms. The maximum absolute atomic E-state index is 14.7. The minimum atomic E-state index is -4.37. The number of carbonyl (C=O) groups is 1. The SMILES string of the molecule is COc1ccc(C(OC[C@H]2O[C@@H](n3cnc4c(NC(=O)COc5ccccc5)ncnc43)CC2OP(=O)(OCCC#N)OCCSSc2ccccn2)(c2ccccc2)c2ccc(OC)cc2)cc1. The first-order valence-electron chi connectivity index (χ1n) is 21.7. The predicted molar refractivity (Wildman–Crippen MR) is 260 cm³/mol. The monoisotopic (exact) mass is 989 g/mol. The number of carbonyl (C=O) groups excluding carboxylic acids is 1. The molecule has 0 spiro atoms. The van der Waals surface area contributed by atoms with Gasteiger partial charge < -0.3 is 29.0 Å². The lowest BCUT2D eigenvalue weighted by Gasteiger charge is -2.37. The van der Waals surface area contributed by atoms with Crippen molar-refractivity contribution >= 4 is 52.3 Å². The zero-order chi connectivity index (χ0) is 47.9. The molecule has 4 atom stereocenters. The van der Waals surface area contributed by atoms with Gasteiger partial charge in [-0.15, -0.1) is 0 Å². The molecule has 2 unspecified atom stereocenters. The predicted octanol–water partition coefficient (Wildman–Crippen LogP) is 9.43. The van der Waals surface area contributed by atoms with Crippen molar-refractivity contribution in [3.05, 3.63) is 163 Å². The first-order chi connectivity index (χ1) is 33.8. The van der Waals surface area contributed by atoms with Crippen LogP contribution < -0.4 is 19.5 Å². The molecule has 4 heterocycles. The lowest BCUT2D eigenvalue weighted by Crippen LogP contribution is -2.38. The third-order valence-electron chi connectivity index (χ3n) is 10.8. The largest absolute Gasteiger partial charge is 0.497 e. The minimum absolute atomic E-state index is 0.00742. The summed E-state index contributed by atoms with van der Waals surface area (Å²) in [5.41, 5.74) is 1.76. The molecular formula is C49H48N7O10PS2. The molecule has 1 N–H and O–H groups in total. The summed E-state index contributed by atoms with van der Waals surface area (Å²) in [5, 5.41) is 13.0. The van der Waals surface area contributed by atoms with Crippen molar-refractivity contribution in [3.8, 4) is 23.3 Å². The van der Waals surface area contributed by atoms with Gasteiger partial charge in [0.2, 0.25) is 0 Å². The summed E-state index contributed by atoms with van der Waals surface area (Å²) < 4.78 is 65.4. The number of nitrogens with one attached hydrogen (secondary N) is 1. The minimum Gasteiger partial charge on any atom is -0.497 e. The summed E-state index contributed by atoms with van der Waals surface area (Å²) in [5.74, 6) is 1.98. The molecule has 0 radical (unpaired) electrons. The second kappa shape index (κ2) is 23.8. The summed E-state index contributed by atoms with van der Waals surface area (Å²) in [6, 6.07) is 41.6. The number of amides is 1. The van der Waals surface area contributed by atoms with Gasteiger partial charge in [0.1, 0.15) is 52.6 Å². The Kier molecular flexibility index (Phi) is 16.9. The van der Waals surface area contributed by atoms with Gasteiger partial charge in [-0.2, -0.15) is 5.26 Å². The summed E-state index contributed by atoms with van der Waals surface area (Å²) in [6.07, 6.45) is 1.86. The molecule has 7 aromatic rings. The number of benzene rings is 4. The van der Waals surface area contributed by atoms with Gasteiger partial charge in [-0.05, 0) is 76.0 Å². The Morgan fingerprint density at radius 1 is 0.826 bits per heavy atom. The van der Waals surface area contributed by atoms with Gasteiger partial charge in [0.25, 0.3) is 5.91 Å². The molecule has 356 valence electrons. The van der Waals surface area contributed by atoms with Crippen LogP contribution in [0.3, 0.4) is 0 Å². The number of para-hydroxylation sites is 1. The number of methoxy groups -OCH3 is 2. The van der Waals surface area contributed by atoms with Gasteiger partial charge in [-0.1, -0.05) is 89.7 Å². The number of hydrogen-bond donors (Lipinski definition) is 1.